The molecule has 0 aliphatic carbocycles. The van der Waals surface area contributed by atoms with E-state index in [0.29, 0.717) is 13.1 Å². The topological polar surface area (TPSA) is 88.3 Å². The summed E-state index contributed by atoms with van der Waals surface area (Å²) in [5, 5.41) is 3.13. The maximum Gasteiger partial charge on any atom is 0.246 e. The molecule has 0 saturated carbocycles. The van der Waals surface area contributed by atoms with Crippen LogP contribution in [0.3, 0.4) is 0 Å². The molecule has 114 valence electrons. The average molecular weight is 321 g/mol. The average Bonchev–Trinajstić information content (AvgIpc) is 2.41. The van der Waals surface area contributed by atoms with Crippen LogP contribution >= 0.6 is 12.4 Å². The first-order valence-electron chi connectivity index (χ1n) is 6.34. The Morgan fingerprint density at radius 2 is 2.20 bits per heavy atom. The lowest BCUT2D eigenvalue weighted by atomic mass is 10.1. The predicted molar refractivity (Wildman–Crippen MR) is 81.5 cm³/mol. The zero-order chi connectivity index (χ0) is 14.0. The Balaban J connectivity index is 0.00000200. The molecule has 2 heterocycles. The lowest BCUT2D eigenvalue weighted by Crippen LogP contribution is -2.47. The van der Waals surface area contributed by atoms with Gasteiger partial charge in [0.1, 0.15) is 10.7 Å². The van der Waals surface area contributed by atoms with Gasteiger partial charge in [0.05, 0.1) is 0 Å². The van der Waals surface area contributed by atoms with Gasteiger partial charge >= 0.3 is 0 Å². The molecule has 3 N–H and O–H groups in total. The number of likely N-dealkylation sites (N-methyl/N-ethyl adjacent to an activating group) is 1. The predicted octanol–water partition coefficient (Wildman–Crippen LogP) is 0.767. The standard InChI is InChI=1S/C12H20N4O2S.ClH/c1-9-6-11(12(13)15-7-9)19(17,18)16-5-3-4-10(8-16)14-2;/h6-7,10,14H,3-5,8H2,1-2H3,(H2,13,15);1H. The van der Waals surface area contributed by atoms with Crippen LogP contribution in [-0.4, -0.2) is 43.9 Å². The van der Waals surface area contributed by atoms with E-state index < -0.39 is 10.0 Å². The second-order valence-electron chi connectivity index (χ2n) is 4.89. The number of nitrogens with zero attached hydrogens (tertiary/aromatic N) is 2. The van der Waals surface area contributed by atoms with Gasteiger partial charge in [0.25, 0.3) is 0 Å². The minimum atomic E-state index is -3.55. The van der Waals surface area contributed by atoms with Crippen LogP contribution in [0.15, 0.2) is 17.2 Å². The summed E-state index contributed by atoms with van der Waals surface area (Å²) >= 11 is 0. The number of hydrogen-bond acceptors (Lipinski definition) is 5. The van der Waals surface area contributed by atoms with E-state index in [-0.39, 0.29) is 29.2 Å². The number of piperidine rings is 1. The van der Waals surface area contributed by atoms with E-state index in [4.69, 9.17) is 5.73 Å². The molecule has 1 unspecified atom stereocenters. The van der Waals surface area contributed by atoms with E-state index in [1.807, 2.05) is 7.05 Å². The summed E-state index contributed by atoms with van der Waals surface area (Å²) in [6.45, 7) is 2.82. The molecule has 0 bridgehead atoms. The summed E-state index contributed by atoms with van der Waals surface area (Å²) in [4.78, 5) is 4.05. The highest BCUT2D eigenvalue weighted by Gasteiger charge is 2.31. The molecule has 0 spiro atoms. The SMILES string of the molecule is CNC1CCCN(S(=O)(=O)c2cc(C)cnc2N)C1.Cl. The monoisotopic (exact) mass is 320 g/mol. The first-order valence-corrected chi connectivity index (χ1v) is 7.78. The Kier molecular flexibility index (Phi) is 5.76. The Morgan fingerprint density at radius 3 is 2.85 bits per heavy atom. The van der Waals surface area contributed by atoms with Crippen LogP contribution in [0, 0.1) is 6.92 Å². The number of nitrogens with two attached hydrogens (primary N) is 1. The molecular weight excluding hydrogens is 300 g/mol. The third-order valence-electron chi connectivity index (χ3n) is 3.43. The maximum atomic E-state index is 12.6. The molecule has 0 amide bonds. The summed E-state index contributed by atoms with van der Waals surface area (Å²) < 4.78 is 26.7. The van der Waals surface area contributed by atoms with Gasteiger partial charge in [-0.2, -0.15) is 4.31 Å². The van der Waals surface area contributed by atoms with Crippen molar-refractivity contribution < 1.29 is 8.42 Å². The normalized spacial score (nSPS) is 20.4. The van der Waals surface area contributed by atoms with Gasteiger partial charge in [-0.05, 0) is 38.4 Å². The molecule has 20 heavy (non-hydrogen) atoms. The molecule has 1 fully saturated rings. The van der Waals surface area contributed by atoms with Crippen molar-refractivity contribution in [1.82, 2.24) is 14.6 Å². The number of rotatable bonds is 3. The number of halogens is 1. The van der Waals surface area contributed by atoms with Gasteiger partial charge in [-0.1, -0.05) is 0 Å². The third-order valence-corrected chi connectivity index (χ3v) is 5.32. The molecule has 1 aromatic rings. The number of aryl methyl sites for hydroxylation is 1. The fraction of sp³-hybridized carbons (Fsp3) is 0.583. The fourth-order valence-corrected chi connectivity index (χ4v) is 3.97. The van der Waals surface area contributed by atoms with Crippen LogP contribution in [-0.2, 0) is 10.0 Å². The second kappa shape index (κ2) is 6.71. The third kappa shape index (κ3) is 3.41. The zero-order valence-corrected chi connectivity index (χ0v) is 13.3. The molecule has 1 atom stereocenters. The van der Waals surface area contributed by atoms with E-state index >= 15 is 0 Å². The van der Waals surface area contributed by atoms with Crippen LogP contribution in [0.2, 0.25) is 0 Å². The minimum Gasteiger partial charge on any atom is -0.383 e. The molecule has 0 radical (unpaired) electrons. The van der Waals surface area contributed by atoms with Crippen molar-refractivity contribution in [2.24, 2.45) is 0 Å². The molecule has 2 rings (SSSR count). The van der Waals surface area contributed by atoms with Crippen molar-refractivity contribution in [3.05, 3.63) is 17.8 Å². The molecule has 1 aliphatic rings. The van der Waals surface area contributed by atoms with E-state index in [2.05, 4.69) is 10.3 Å². The van der Waals surface area contributed by atoms with Crippen molar-refractivity contribution in [2.75, 3.05) is 25.9 Å². The highest BCUT2D eigenvalue weighted by atomic mass is 35.5. The molecule has 8 heteroatoms. The molecule has 0 aromatic carbocycles. The Labute approximate surface area is 126 Å². The first-order chi connectivity index (χ1) is 8.95. The van der Waals surface area contributed by atoms with Crippen molar-refractivity contribution in [2.45, 2.75) is 30.7 Å². The second-order valence-corrected chi connectivity index (χ2v) is 6.79. The molecule has 6 nitrogen and oxygen atoms in total. The number of sulfonamides is 1. The number of pyridine rings is 1. The van der Waals surface area contributed by atoms with Gasteiger partial charge in [-0.25, -0.2) is 13.4 Å². The molecule has 1 aromatic heterocycles. The van der Waals surface area contributed by atoms with Gasteiger partial charge in [0.2, 0.25) is 10.0 Å². The van der Waals surface area contributed by atoms with Crippen molar-refractivity contribution in [3.63, 3.8) is 0 Å². The highest BCUT2D eigenvalue weighted by Crippen LogP contribution is 2.24. The van der Waals surface area contributed by atoms with E-state index in [0.717, 1.165) is 18.4 Å². The lowest BCUT2D eigenvalue weighted by molar-refractivity contribution is 0.293. The van der Waals surface area contributed by atoms with E-state index in [1.54, 1.807) is 19.2 Å². The number of aromatic nitrogens is 1. The maximum absolute atomic E-state index is 12.6. The van der Waals surface area contributed by atoms with E-state index in [1.165, 1.54) is 4.31 Å². The van der Waals surface area contributed by atoms with Crippen LogP contribution < -0.4 is 11.1 Å². The Morgan fingerprint density at radius 1 is 1.50 bits per heavy atom. The van der Waals surface area contributed by atoms with Gasteiger partial charge in [0.15, 0.2) is 0 Å². The Hall–Kier alpha value is -0.890. The van der Waals surface area contributed by atoms with Crippen LogP contribution in [0.1, 0.15) is 18.4 Å². The van der Waals surface area contributed by atoms with Gasteiger partial charge in [0, 0.05) is 25.3 Å². The molecule has 1 aliphatic heterocycles. The summed E-state index contributed by atoms with van der Waals surface area (Å²) in [5.74, 6) is 0.0668. The summed E-state index contributed by atoms with van der Waals surface area (Å²) in [6.07, 6.45) is 3.41. The van der Waals surface area contributed by atoms with Crippen molar-refractivity contribution in [3.8, 4) is 0 Å². The van der Waals surface area contributed by atoms with Gasteiger partial charge < -0.3 is 11.1 Å². The number of hydrogen-bond donors (Lipinski definition) is 2. The number of nitrogen functional groups attached to an aromatic ring is 1. The summed E-state index contributed by atoms with van der Waals surface area (Å²) in [7, 11) is -1.70. The van der Waals surface area contributed by atoms with E-state index in [9.17, 15) is 8.42 Å². The van der Waals surface area contributed by atoms with Crippen LogP contribution in [0.25, 0.3) is 0 Å². The largest absolute Gasteiger partial charge is 0.383 e. The molecule has 1 saturated heterocycles. The van der Waals surface area contributed by atoms with Gasteiger partial charge in [-0.15, -0.1) is 12.4 Å². The summed E-state index contributed by atoms with van der Waals surface area (Å²) in [6, 6.07) is 1.78. The highest BCUT2D eigenvalue weighted by molar-refractivity contribution is 7.89. The zero-order valence-electron chi connectivity index (χ0n) is 11.7. The molecular formula is C12H21ClN4O2S. The number of nitrogens with one attached hydrogen (secondary N) is 1. The minimum absolute atomic E-state index is 0. The van der Waals surface area contributed by atoms with Gasteiger partial charge in [-0.3, -0.25) is 0 Å². The smallest absolute Gasteiger partial charge is 0.246 e. The van der Waals surface area contributed by atoms with Crippen LogP contribution in [0.4, 0.5) is 5.82 Å². The Bertz CT molecular complexity index is 565. The van der Waals surface area contributed by atoms with Crippen LogP contribution in [0.5, 0.6) is 0 Å². The fourth-order valence-electron chi connectivity index (χ4n) is 2.30. The first kappa shape index (κ1) is 17.2. The lowest BCUT2D eigenvalue weighted by Gasteiger charge is -2.31. The quantitative estimate of drug-likeness (QED) is 0.858. The number of anilines is 1. The summed E-state index contributed by atoms with van der Waals surface area (Å²) in [5.41, 5.74) is 6.50. The van der Waals surface area contributed by atoms with Crippen molar-refractivity contribution in [1.29, 1.82) is 0 Å². The van der Waals surface area contributed by atoms with Crippen molar-refractivity contribution >= 4 is 28.2 Å².